The summed E-state index contributed by atoms with van der Waals surface area (Å²) in [5.74, 6) is 1.66. The maximum absolute atomic E-state index is 5.89. The van der Waals surface area contributed by atoms with Crippen LogP contribution in [0.25, 0.3) is 11.0 Å². The molecule has 0 aliphatic heterocycles. The summed E-state index contributed by atoms with van der Waals surface area (Å²) < 4.78 is 5.89. The Balaban J connectivity index is 1.63. The average molecular weight is 314 g/mol. The molecule has 0 aliphatic carbocycles. The van der Waals surface area contributed by atoms with Crippen LogP contribution >= 0.6 is 11.3 Å². The van der Waals surface area contributed by atoms with Gasteiger partial charge >= 0.3 is 0 Å². The molecular formula is C16H18N4OS. The molecule has 0 saturated carbocycles. The predicted molar refractivity (Wildman–Crippen MR) is 90.1 cm³/mol. The Labute approximate surface area is 133 Å². The summed E-state index contributed by atoms with van der Waals surface area (Å²) in [6.07, 6.45) is 1.80. The van der Waals surface area contributed by atoms with E-state index >= 15 is 0 Å². The van der Waals surface area contributed by atoms with Gasteiger partial charge in [0.2, 0.25) is 0 Å². The van der Waals surface area contributed by atoms with Crippen molar-refractivity contribution in [2.75, 3.05) is 7.05 Å². The molecule has 0 amide bonds. The number of hydrogen-bond acceptors (Lipinski definition) is 4. The number of guanidine groups is 1. The number of nitrogens with one attached hydrogen (secondary N) is 2. The minimum Gasteiger partial charge on any atom is -0.459 e. The summed E-state index contributed by atoms with van der Waals surface area (Å²) >= 11 is 1.62. The molecule has 0 fully saturated rings. The quantitative estimate of drug-likeness (QED) is 0.574. The molecule has 3 rings (SSSR count). The number of para-hydroxylation sites is 1. The maximum Gasteiger partial charge on any atom is 0.191 e. The molecule has 2 aromatic heterocycles. The fraction of sp³-hybridized carbons (Fsp3) is 0.250. The number of rotatable bonds is 4. The van der Waals surface area contributed by atoms with Crippen LogP contribution in [0.3, 0.4) is 0 Å². The van der Waals surface area contributed by atoms with Crippen LogP contribution in [-0.2, 0) is 13.1 Å². The van der Waals surface area contributed by atoms with Crippen molar-refractivity contribution in [2.45, 2.75) is 20.0 Å². The van der Waals surface area contributed by atoms with Gasteiger partial charge in [0.05, 0.1) is 13.1 Å². The highest BCUT2D eigenvalue weighted by atomic mass is 32.1. The number of furan rings is 1. The lowest BCUT2D eigenvalue weighted by Gasteiger charge is -2.10. The number of aromatic nitrogens is 1. The van der Waals surface area contributed by atoms with Gasteiger partial charge in [-0.1, -0.05) is 18.2 Å². The van der Waals surface area contributed by atoms with Crippen molar-refractivity contribution in [1.82, 2.24) is 15.6 Å². The van der Waals surface area contributed by atoms with Gasteiger partial charge in [-0.2, -0.15) is 0 Å². The van der Waals surface area contributed by atoms with Crippen LogP contribution < -0.4 is 10.6 Å². The summed E-state index contributed by atoms with van der Waals surface area (Å²) in [5.41, 5.74) is 2.08. The average Bonchev–Trinajstić information content (AvgIpc) is 3.17. The van der Waals surface area contributed by atoms with Gasteiger partial charge in [0.1, 0.15) is 16.4 Å². The van der Waals surface area contributed by atoms with Crippen molar-refractivity contribution < 1.29 is 4.42 Å². The molecule has 0 aliphatic rings. The van der Waals surface area contributed by atoms with Crippen molar-refractivity contribution in [3.63, 3.8) is 0 Å². The van der Waals surface area contributed by atoms with Crippen molar-refractivity contribution in [2.24, 2.45) is 4.99 Å². The summed E-state index contributed by atoms with van der Waals surface area (Å²) in [6.45, 7) is 3.34. The number of aliphatic imine (C=N–C) groups is 1. The molecule has 1 aromatic carbocycles. The van der Waals surface area contributed by atoms with Crippen LogP contribution in [-0.4, -0.2) is 18.0 Å². The van der Waals surface area contributed by atoms with Crippen LogP contribution in [0.15, 0.2) is 45.3 Å². The standard InChI is InChI=1S/C16H18N4OS/c1-11-12-5-3-4-6-13(12)21-14(11)9-19-16(17-2)20-10-15-18-7-8-22-15/h3-8H,9-10H2,1-2H3,(H2,17,19,20). The zero-order valence-corrected chi connectivity index (χ0v) is 13.4. The van der Waals surface area contributed by atoms with Gasteiger partial charge in [0.25, 0.3) is 0 Å². The molecule has 0 unspecified atom stereocenters. The Kier molecular flexibility index (Phi) is 4.39. The Morgan fingerprint density at radius 2 is 2.09 bits per heavy atom. The third-order valence-corrected chi connectivity index (χ3v) is 4.25. The first-order chi connectivity index (χ1) is 10.8. The third kappa shape index (κ3) is 3.12. The minimum absolute atomic E-state index is 0.595. The van der Waals surface area contributed by atoms with Crippen molar-refractivity contribution in [1.29, 1.82) is 0 Å². The molecule has 3 aromatic rings. The first-order valence-electron chi connectivity index (χ1n) is 7.08. The van der Waals surface area contributed by atoms with Crippen molar-refractivity contribution >= 4 is 28.3 Å². The highest BCUT2D eigenvalue weighted by molar-refractivity contribution is 7.09. The number of aryl methyl sites for hydroxylation is 1. The number of fused-ring (bicyclic) bond motifs is 1. The lowest BCUT2D eigenvalue weighted by Crippen LogP contribution is -2.36. The Morgan fingerprint density at radius 1 is 1.27 bits per heavy atom. The molecule has 0 bridgehead atoms. The monoisotopic (exact) mass is 314 g/mol. The second-order valence-corrected chi connectivity index (χ2v) is 5.83. The van der Waals surface area contributed by atoms with Gasteiger partial charge in [-0.25, -0.2) is 4.98 Å². The van der Waals surface area contributed by atoms with Gasteiger partial charge in [-0.3, -0.25) is 4.99 Å². The normalized spacial score (nSPS) is 11.8. The predicted octanol–water partition coefficient (Wildman–Crippen LogP) is 3.06. The smallest absolute Gasteiger partial charge is 0.191 e. The number of nitrogens with zero attached hydrogens (tertiary/aromatic N) is 2. The molecule has 0 radical (unpaired) electrons. The maximum atomic E-state index is 5.89. The fourth-order valence-electron chi connectivity index (χ4n) is 2.28. The summed E-state index contributed by atoms with van der Waals surface area (Å²) in [5, 5.41) is 10.7. The van der Waals surface area contributed by atoms with Gasteiger partial charge in [0, 0.05) is 29.6 Å². The largest absolute Gasteiger partial charge is 0.459 e. The Hall–Kier alpha value is -2.34. The second-order valence-electron chi connectivity index (χ2n) is 4.85. The van der Waals surface area contributed by atoms with E-state index in [1.54, 1.807) is 24.6 Å². The zero-order chi connectivity index (χ0) is 15.4. The van der Waals surface area contributed by atoms with E-state index < -0.39 is 0 Å². The molecule has 0 saturated heterocycles. The molecule has 114 valence electrons. The molecule has 22 heavy (non-hydrogen) atoms. The van der Waals surface area contributed by atoms with Gasteiger partial charge in [-0.05, 0) is 13.0 Å². The van der Waals surface area contributed by atoms with Crippen LogP contribution in [0.2, 0.25) is 0 Å². The molecule has 2 N–H and O–H groups in total. The van der Waals surface area contributed by atoms with Crippen LogP contribution in [0, 0.1) is 6.92 Å². The van der Waals surface area contributed by atoms with E-state index in [9.17, 15) is 0 Å². The topological polar surface area (TPSA) is 62.5 Å². The molecule has 0 spiro atoms. The SMILES string of the molecule is CN=C(NCc1nccs1)NCc1oc2ccccc2c1C. The van der Waals surface area contributed by atoms with Gasteiger partial charge in [-0.15, -0.1) is 11.3 Å². The van der Waals surface area contributed by atoms with E-state index in [4.69, 9.17) is 4.42 Å². The highest BCUT2D eigenvalue weighted by Crippen LogP contribution is 2.24. The van der Waals surface area contributed by atoms with Gasteiger partial charge in [0.15, 0.2) is 5.96 Å². The molecular weight excluding hydrogens is 296 g/mol. The number of thiazole rings is 1. The molecule has 5 nitrogen and oxygen atoms in total. The first-order valence-corrected chi connectivity index (χ1v) is 7.96. The van der Waals surface area contributed by atoms with Crippen molar-refractivity contribution in [3.8, 4) is 0 Å². The number of benzene rings is 1. The second kappa shape index (κ2) is 6.62. The Bertz CT molecular complexity index is 777. The van der Waals surface area contributed by atoms with Crippen molar-refractivity contribution in [3.05, 3.63) is 52.2 Å². The molecule has 2 heterocycles. The van der Waals surface area contributed by atoms with E-state index in [2.05, 4.69) is 33.6 Å². The van der Waals surface area contributed by atoms with E-state index in [-0.39, 0.29) is 0 Å². The highest BCUT2D eigenvalue weighted by Gasteiger charge is 2.10. The van der Waals surface area contributed by atoms with E-state index in [0.717, 1.165) is 27.7 Å². The van der Waals surface area contributed by atoms with Gasteiger partial charge < -0.3 is 15.1 Å². The van der Waals surface area contributed by atoms with Crippen LogP contribution in [0.4, 0.5) is 0 Å². The molecule has 6 heteroatoms. The van der Waals surface area contributed by atoms with E-state index in [1.807, 2.05) is 23.6 Å². The van der Waals surface area contributed by atoms with Crippen LogP contribution in [0.1, 0.15) is 16.3 Å². The minimum atomic E-state index is 0.595. The third-order valence-electron chi connectivity index (χ3n) is 3.47. The summed E-state index contributed by atoms with van der Waals surface area (Å²) in [4.78, 5) is 8.45. The lowest BCUT2D eigenvalue weighted by molar-refractivity contribution is 0.534. The summed E-state index contributed by atoms with van der Waals surface area (Å²) in [6, 6.07) is 8.07. The summed E-state index contributed by atoms with van der Waals surface area (Å²) in [7, 11) is 1.75. The van der Waals surface area contributed by atoms with E-state index in [1.165, 1.54) is 5.56 Å². The first kappa shape index (κ1) is 14.6. The molecule has 0 atom stereocenters. The lowest BCUT2D eigenvalue weighted by atomic mass is 10.1. The van der Waals surface area contributed by atoms with E-state index in [0.29, 0.717) is 13.1 Å². The van der Waals surface area contributed by atoms with Crippen LogP contribution in [0.5, 0.6) is 0 Å². The Morgan fingerprint density at radius 3 is 2.82 bits per heavy atom. The number of hydrogen-bond donors (Lipinski definition) is 2. The zero-order valence-electron chi connectivity index (χ0n) is 12.6. The fourth-order valence-corrected chi connectivity index (χ4v) is 2.83.